The number of carbonyl (C=O) groups is 2. The van der Waals surface area contributed by atoms with E-state index in [1.54, 1.807) is 6.08 Å². The van der Waals surface area contributed by atoms with Gasteiger partial charge in [0.15, 0.2) is 0 Å². The second-order valence-corrected chi connectivity index (χ2v) is 5.82. The fourth-order valence-electron chi connectivity index (χ4n) is 2.83. The van der Waals surface area contributed by atoms with E-state index in [2.05, 4.69) is 6.58 Å². The predicted octanol–water partition coefficient (Wildman–Crippen LogP) is 2.33. The lowest BCUT2D eigenvalue weighted by Crippen LogP contribution is -2.47. The van der Waals surface area contributed by atoms with Gasteiger partial charge in [0.1, 0.15) is 0 Å². The number of rotatable bonds is 6. The highest BCUT2D eigenvalue weighted by atomic mass is 16.4. The first kappa shape index (κ1) is 14.9. The number of aliphatic carboxylic acids is 1. The van der Waals surface area contributed by atoms with Crippen molar-refractivity contribution in [1.29, 1.82) is 0 Å². The van der Waals surface area contributed by atoms with Gasteiger partial charge in [-0.1, -0.05) is 6.08 Å². The number of carboxylic acids is 1. The summed E-state index contributed by atoms with van der Waals surface area (Å²) in [6, 6.07) is 0.536. The summed E-state index contributed by atoms with van der Waals surface area (Å²) in [4.78, 5) is 26.9. The van der Waals surface area contributed by atoms with Gasteiger partial charge in [0, 0.05) is 32.1 Å². The molecular weight excluding hydrogens is 256 g/mol. The molecule has 5 nitrogen and oxygen atoms in total. The van der Waals surface area contributed by atoms with Gasteiger partial charge in [0.05, 0.1) is 0 Å². The molecule has 1 aliphatic heterocycles. The van der Waals surface area contributed by atoms with Crippen LogP contribution >= 0.6 is 0 Å². The highest BCUT2D eigenvalue weighted by Gasteiger charge is 2.35. The Morgan fingerprint density at radius 3 is 2.40 bits per heavy atom. The van der Waals surface area contributed by atoms with E-state index in [4.69, 9.17) is 5.11 Å². The third-order valence-electron chi connectivity index (χ3n) is 4.21. The maximum atomic E-state index is 12.5. The molecule has 0 aromatic heterocycles. The Kier molecular flexibility index (Phi) is 5.04. The maximum absolute atomic E-state index is 12.5. The molecule has 0 aromatic carbocycles. The zero-order valence-electron chi connectivity index (χ0n) is 12.0. The Balaban J connectivity index is 1.78. The number of likely N-dealkylation sites (tertiary alicyclic amines) is 1. The van der Waals surface area contributed by atoms with Gasteiger partial charge in [0.2, 0.25) is 0 Å². The van der Waals surface area contributed by atoms with Gasteiger partial charge >= 0.3 is 12.0 Å². The molecule has 1 aliphatic carbocycles. The van der Waals surface area contributed by atoms with Crippen LogP contribution in [0.2, 0.25) is 0 Å². The van der Waals surface area contributed by atoms with Crippen LogP contribution < -0.4 is 0 Å². The molecule has 1 saturated heterocycles. The van der Waals surface area contributed by atoms with Gasteiger partial charge in [0.25, 0.3) is 0 Å². The summed E-state index contributed by atoms with van der Waals surface area (Å²) < 4.78 is 0. The topological polar surface area (TPSA) is 60.9 Å². The van der Waals surface area contributed by atoms with E-state index < -0.39 is 5.97 Å². The molecule has 2 aliphatic rings. The first-order valence-corrected chi connectivity index (χ1v) is 7.50. The minimum atomic E-state index is -0.727. The van der Waals surface area contributed by atoms with Crippen molar-refractivity contribution >= 4 is 12.0 Å². The Morgan fingerprint density at radius 2 is 1.90 bits per heavy atom. The first-order valence-electron chi connectivity index (χ1n) is 7.50. The fourth-order valence-corrected chi connectivity index (χ4v) is 2.83. The number of carbonyl (C=O) groups excluding carboxylic acids is 1. The molecule has 1 N–H and O–H groups in total. The zero-order valence-corrected chi connectivity index (χ0v) is 12.0. The van der Waals surface area contributed by atoms with Crippen molar-refractivity contribution in [2.75, 3.05) is 19.6 Å². The largest absolute Gasteiger partial charge is 0.481 e. The lowest BCUT2D eigenvalue weighted by Gasteiger charge is -2.35. The summed E-state index contributed by atoms with van der Waals surface area (Å²) in [5.74, 6) is -0.279. The number of piperidine rings is 1. The molecule has 0 radical (unpaired) electrons. The van der Waals surface area contributed by atoms with Crippen molar-refractivity contribution in [3.63, 3.8) is 0 Å². The molecule has 20 heavy (non-hydrogen) atoms. The molecule has 2 amide bonds. The Hall–Kier alpha value is -1.52. The molecule has 0 bridgehead atoms. The summed E-state index contributed by atoms with van der Waals surface area (Å²) in [6.45, 7) is 5.86. The molecular formula is C15H24N2O3. The average molecular weight is 280 g/mol. The predicted molar refractivity (Wildman–Crippen MR) is 76.5 cm³/mol. The number of urea groups is 1. The van der Waals surface area contributed by atoms with Crippen molar-refractivity contribution in [2.45, 2.75) is 44.6 Å². The first-order chi connectivity index (χ1) is 9.61. The van der Waals surface area contributed by atoms with Crippen molar-refractivity contribution < 1.29 is 14.7 Å². The molecule has 1 saturated carbocycles. The molecule has 112 valence electrons. The highest BCUT2D eigenvalue weighted by Crippen LogP contribution is 2.29. The molecule has 0 spiro atoms. The maximum Gasteiger partial charge on any atom is 0.320 e. The standard InChI is InChI=1S/C15H24N2O3/c1-2-9-17(13-4-5-13)15(20)16-10-7-12(8-11-16)3-6-14(18)19/h2,12-13H,1,3-11H2,(H,18,19). The van der Waals surface area contributed by atoms with Gasteiger partial charge in [-0.25, -0.2) is 4.79 Å². The van der Waals surface area contributed by atoms with Crippen LogP contribution in [0, 0.1) is 5.92 Å². The van der Waals surface area contributed by atoms with Crippen molar-refractivity contribution in [3.8, 4) is 0 Å². The number of carboxylic acid groups (broad SMARTS) is 1. The fraction of sp³-hybridized carbons (Fsp3) is 0.733. The van der Waals surface area contributed by atoms with E-state index in [9.17, 15) is 9.59 Å². The number of hydrogen-bond acceptors (Lipinski definition) is 2. The van der Waals surface area contributed by atoms with Gasteiger partial charge in [-0.2, -0.15) is 0 Å². The number of hydrogen-bond donors (Lipinski definition) is 1. The zero-order chi connectivity index (χ0) is 14.5. The second-order valence-electron chi connectivity index (χ2n) is 5.82. The van der Waals surface area contributed by atoms with Crippen molar-refractivity contribution in [3.05, 3.63) is 12.7 Å². The molecule has 2 fully saturated rings. The highest BCUT2D eigenvalue weighted by molar-refractivity contribution is 5.75. The summed E-state index contributed by atoms with van der Waals surface area (Å²) in [7, 11) is 0. The van der Waals surface area contributed by atoms with E-state index in [1.807, 2.05) is 9.80 Å². The lowest BCUT2D eigenvalue weighted by atomic mass is 9.92. The van der Waals surface area contributed by atoms with Crippen LogP contribution in [0.1, 0.15) is 38.5 Å². The van der Waals surface area contributed by atoms with E-state index in [1.165, 1.54) is 0 Å². The number of amides is 2. The van der Waals surface area contributed by atoms with Crippen LogP contribution in [0.25, 0.3) is 0 Å². The minimum absolute atomic E-state index is 0.129. The van der Waals surface area contributed by atoms with Crippen LogP contribution in [0.4, 0.5) is 4.79 Å². The molecule has 0 aromatic rings. The lowest BCUT2D eigenvalue weighted by molar-refractivity contribution is -0.137. The van der Waals surface area contributed by atoms with Crippen LogP contribution in [0.15, 0.2) is 12.7 Å². The van der Waals surface area contributed by atoms with Gasteiger partial charge in [-0.3, -0.25) is 4.79 Å². The molecule has 5 heteroatoms. The Morgan fingerprint density at radius 1 is 1.25 bits per heavy atom. The Labute approximate surface area is 120 Å². The van der Waals surface area contributed by atoms with E-state index in [0.717, 1.165) is 45.2 Å². The summed E-state index contributed by atoms with van der Waals surface area (Å²) in [5, 5.41) is 8.70. The minimum Gasteiger partial charge on any atom is -0.481 e. The molecule has 1 heterocycles. The van der Waals surface area contributed by atoms with Crippen LogP contribution in [-0.2, 0) is 4.79 Å². The monoisotopic (exact) mass is 280 g/mol. The van der Waals surface area contributed by atoms with E-state index in [0.29, 0.717) is 18.5 Å². The van der Waals surface area contributed by atoms with Crippen LogP contribution in [0.3, 0.4) is 0 Å². The Bertz CT molecular complexity index is 371. The van der Waals surface area contributed by atoms with Gasteiger partial charge in [-0.15, -0.1) is 6.58 Å². The van der Waals surface area contributed by atoms with E-state index in [-0.39, 0.29) is 12.5 Å². The average Bonchev–Trinajstić information content (AvgIpc) is 3.27. The summed E-state index contributed by atoms with van der Waals surface area (Å²) in [5.41, 5.74) is 0. The summed E-state index contributed by atoms with van der Waals surface area (Å²) >= 11 is 0. The van der Waals surface area contributed by atoms with Crippen molar-refractivity contribution in [2.24, 2.45) is 5.92 Å². The third-order valence-corrected chi connectivity index (χ3v) is 4.21. The van der Waals surface area contributed by atoms with Crippen LogP contribution in [0.5, 0.6) is 0 Å². The molecule has 2 rings (SSSR count). The third kappa shape index (κ3) is 3.99. The SMILES string of the molecule is C=CCN(C(=O)N1CCC(CCC(=O)O)CC1)C1CC1. The van der Waals surface area contributed by atoms with Gasteiger partial charge < -0.3 is 14.9 Å². The van der Waals surface area contributed by atoms with E-state index >= 15 is 0 Å². The smallest absolute Gasteiger partial charge is 0.320 e. The van der Waals surface area contributed by atoms with Crippen LogP contribution in [-0.4, -0.2) is 52.6 Å². The van der Waals surface area contributed by atoms with Gasteiger partial charge in [-0.05, 0) is 38.0 Å². The molecule has 0 atom stereocenters. The normalized spacial score (nSPS) is 19.7. The quantitative estimate of drug-likeness (QED) is 0.760. The molecule has 0 unspecified atom stereocenters. The second kappa shape index (κ2) is 6.77. The number of nitrogens with zero attached hydrogens (tertiary/aromatic N) is 2. The summed E-state index contributed by atoms with van der Waals surface area (Å²) in [6.07, 6.45) is 6.82. The van der Waals surface area contributed by atoms with Crippen molar-refractivity contribution in [1.82, 2.24) is 9.80 Å².